The van der Waals surface area contributed by atoms with Crippen LogP contribution in [0.2, 0.25) is 0 Å². The van der Waals surface area contributed by atoms with Gasteiger partial charge in [0.2, 0.25) is 5.91 Å². The minimum atomic E-state index is -0.733. The number of hydrogen-bond acceptors (Lipinski definition) is 5. The van der Waals surface area contributed by atoms with Gasteiger partial charge in [0.15, 0.2) is 0 Å². The summed E-state index contributed by atoms with van der Waals surface area (Å²) in [6.45, 7) is 6.81. The van der Waals surface area contributed by atoms with E-state index < -0.39 is 5.41 Å². The third-order valence-electron chi connectivity index (χ3n) is 3.04. The summed E-state index contributed by atoms with van der Waals surface area (Å²) in [6.07, 6.45) is -0.167. The molecule has 0 aromatic rings. The lowest BCUT2D eigenvalue weighted by Crippen LogP contribution is -2.56. The molecular weight excluding hydrogens is 236 g/mol. The number of methoxy groups -OCH3 is 1. The molecule has 0 aromatic carbocycles. The summed E-state index contributed by atoms with van der Waals surface area (Å²) in [4.78, 5) is 23.4. The van der Waals surface area contributed by atoms with Crippen LogP contribution in [0.4, 0.5) is 0 Å². The first-order valence-electron chi connectivity index (χ1n) is 6.09. The average molecular weight is 258 g/mol. The van der Waals surface area contributed by atoms with E-state index in [2.05, 4.69) is 15.4 Å². The van der Waals surface area contributed by atoms with Crippen LogP contribution in [-0.2, 0) is 19.1 Å². The monoisotopic (exact) mass is 258 g/mol. The van der Waals surface area contributed by atoms with Crippen molar-refractivity contribution in [2.75, 3.05) is 26.8 Å². The van der Waals surface area contributed by atoms with Gasteiger partial charge in [-0.15, -0.1) is 0 Å². The molecule has 1 heterocycles. The summed E-state index contributed by atoms with van der Waals surface area (Å²) >= 11 is 0. The molecule has 6 nitrogen and oxygen atoms in total. The fourth-order valence-corrected chi connectivity index (χ4v) is 1.79. The number of morpholine rings is 1. The Hall–Kier alpha value is -1.14. The van der Waals surface area contributed by atoms with Crippen molar-refractivity contribution in [1.29, 1.82) is 0 Å². The molecular formula is C12H22N2O4. The van der Waals surface area contributed by atoms with E-state index in [1.807, 2.05) is 6.92 Å². The number of amides is 1. The molecule has 6 heteroatoms. The van der Waals surface area contributed by atoms with Gasteiger partial charge in [0, 0.05) is 13.1 Å². The highest BCUT2D eigenvalue weighted by molar-refractivity contribution is 5.83. The van der Waals surface area contributed by atoms with Gasteiger partial charge >= 0.3 is 5.97 Å². The Kier molecular flexibility index (Phi) is 5.10. The average Bonchev–Trinajstić information content (AvgIpc) is 2.35. The van der Waals surface area contributed by atoms with Crippen molar-refractivity contribution in [3.63, 3.8) is 0 Å². The van der Waals surface area contributed by atoms with Crippen molar-refractivity contribution in [3.8, 4) is 0 Å². The maximum absolute atomic E-state index is 12.0. The molecule has 1 saturated heterocycles. The highest BCUT2D eigenvalue weighted by Gasteiger charge is 2.32. The van der Waals surface area contributed by atoms with Crippen LogP contribution in [0.3, 0.4) is 0 Å². The van der Waals surface area contributed by atoms with Crippen LogP contribution in [0.1, 0.15) is 20.8 Å². The first-order valence-corrected chi connectivity index (χ1v) is 6.09. The van der Waals surface area contributed by atoms with Crippen LogP contribution < -0.4 is 10.6 Å². The number of ether oxygens (including phenoxy) is 2. The van der Waals surface area contributed by atoms with Gasteiger partial charge in [0.1, 0.15) is 6.04 Å². The molecule has 2 N–H and O–H groups in total. The van der Waals surface area contributed by atoms with Gasteiger partial charge in [-0.05, 0) is 20.8 Å². The minimum absolute atomic E-state index is 0.154. The zero-order valence-corrected chi connectivity index (χ0v) is 11.4. The first kappa shape index (κ1) is 14.9. The smallest absolute Gasteiger partial charge is 0.313 e. The van der Waals surface area contributed by atoms with Crippen LogP contribution >= 0.6 is 0 Å². The topological polar surface area (TPSA) is 76.7 Å². The zero-order chi connectivity index (χ0) is 13.8. The molecule has 0 spiro atoms. The molecule has 104 valence electrons. The molecule has 18 heavy (non-hydrogen) atoms. The predicted octanol–water partition coefficient (Wildman–Crippen LogP) is -0.321. The normalized spacial score (nSPS) is 24.4. The summed E-state index contributed by atoms with van der Waals surface area (Å²) in [5.41, 5.74) is -0.733. The van der Waals surface area contributed by atoms with Crippen molar-refractivity contribution >= 4 is 11.9 Å². The highest BCUT2D eigenvalue weighted by Crippen LogP contribution is 2.15. The predicted molar refractivity (Wildman–Crippen MR) is 66.0 cm³/mol. The Bertz CT molecular complexity index is 317. The van der Waals surface area contributed by atoms with Gasteiger partial charge in [-0.2, -0.15) is 0 Å². The van der Waals surface area contributed by atoms with Crippen molar-refractivity contribution < 1.29 is 19.1 Å². The second-order valence-electron chi connectivity index (χ2n) is 5.10. The summed E-state index contributed by atoms with van der Waals surface area (Å²) in [7, 11) is 1.34. The van der Waals surface area contributed by atoms with Gasteiger partial charge in [0.05, 0.1) is 25.2 Å². The van der Waals surface area contributed by atoms with E-state index in [1.165, 1.54) is 7.11 Å². The standard InChI is InChI=1S/C12H22N2O4/c1-8-9(13-5-6-18-8)10(15)14-7-12(2,3)11(16)17-4/h8-9,13H,5-7H2,1-4H3,(H,14,15)/t8-,9+/m1/s1. The lowest BCUT2D eigenvalue weighted by Gasteiger charge is -2.30. The fourth-order valence-electron chi connectivity index (χ4n) is 1.79. The highest BCUT2D eigenvalue weighted by atomic mass is 16.5. The third-order valence-corrected chi connectivity index (χ3v) is 3.04. The molecule has 2 atom stereocenters. The van der Waals surface area contributed by atoms with E-state index in [-0.39, 0.29) is 30.6 Å². The third kappa shape index (κ3) is 3.68. The molecule has 1 fully saturated rings. The second kappa shape index (κ2) is 6.15. The SMILES string of the molecule is COC(=O)C(C)(C)CNC(=O)[C@H]1NCCO[C@@H]1C. The lowest BCUT2D eigenvalue weighted by molar-refractivity contribution is -0.150. The van der Waals surface area contributed by atoms with E-state index in [0.29, 0.717) is 13.2 Å². The molecule has 1 aliphatic rings. The van der Waals surface area contributed by atoms with Gasteiger partial charge < -0.3 is 20.1 Å². The maximum Gasteiger partial charge on any atom is 0.313 e. The molecule has 0 unspecified atom stereocenters. The summed E-state index contributed by atoms with van der Waals surface area (Å²) in [5.74, 6) is -0.497. The Balaban J connectivity index is 2.47. The number of nitrogens with one attached hydrogen (secondary N) is 2. The molecule has 0 aromatic heterocycles. The van der Waals surface area contributed by atoms with Gasteiger partial charge in [0.25, 0.3) is 0 Å². The van der Waals surface area contributed by atoms with E-state index in [1.54, 1.807) is 13.8 Å². The number of carbonyl (C=O) groups excluding carboxylic acids is 2. The Labute approximate surface area is 107 Å². The molecule has 0 aliphatic carbocycles. The molecule has 1 rings (SSSR count). The van der Waals surface area contributed by atoms with Crippen molar-refractivity contribution in [2.45, 2.75) is 32.9 Å². The first-order chi connectivity index (χ1) is 8.38. The van der Waals surface area contributed by atoms with Gasteiger partial charge in [-0.3, -0.25) is 9.59 Å². The largest absolute Gasteiger partial charge is 0.469 e. The lowest BCUT2D eigenvalue weighted by atomic mass is 9.93. The molecule has 0 bridgehead atoms. The fraction of sp³-hybridized carbons (Fsp3) is 0.833. The summed E-state index contributed by atoms with van der Waals surface area (Å²) in [6, 6.07) is -0.368. The van der Waals surface area contributed by atoms with Crippen LogP contribution in [0.15, 0.2) is 0 Å². The Morgan fingerprint density at radius 3 is 2.72 bits per heavy atom. The molecule has 1 amide bonds. The minimum Gasteiger partial charge on any atom is -0.469 e. The van der Waals surface area contributed by atoms with Crippen LogP contribution in [0.25, 0.3) is 0 Å². The molecule has 1 aliphatic heterocycles. The quantitative estimate of drug-likeness (QED) is 0.676. The van der Waals surface area contributed by atoms with E-state index in [0.717, 1.165) is 0 Å². The van der Waals surface area contributed by atoms with Crippen LogP contribution in [0.5, 0.6) is 0 Å². The van der Waals surface area contributed by atoms with E-state index >= 15 is 0 Å². The number of rotatable bonds is 4. The number of esters is 1. The van der Waals surface area contributed by atoms with E-state index in [4.69, 9.17) is 4.74 Å². The van der Waals surface area contributed by atoms with Crippen LogP contribution in [0, 0.1) is 5.41 Å². The maximum atomic E-state index is 12.0. The molecule has 0 radical (unpaired) electrons. The Morgan fingerprint density at radius 1 is 1.50 bits per heavy atom. The molecule has 0 saturated carbocycles. The van der Waals surface area contributed by atoms with E-state index in [9.17, 15) is 9.59 Å². The van der Waals surface area contributed by atoms with Crippen LogP contribution in [-0.4, -0.2) is 50.8 Å². The van der Waals surface area contributed by atoms with Gasteiger partial charge in [-0.1, -0.05) is 0 Å². The van der Waals surface area contributed by atoms with Gasteiger partial charge in [-0.25, -0.2) is 0 Å². The number of hydrogen-bond donors (Lipinski definition) is 2. The van der Waals surface area contributed by atoms with Crippen molar-refractivity contribution in [2.24, 2.45) is 5.41 Å². The van der Waals surface area contributed by atoms with Crippen molar-refractivity contribution in [3.05, 3.63) is 0 Å². The zero-order valence-electron chi connectivity index (χ0n) is 11.4. The van der Waals surface area contributed by atoms with Crippen molar-refractivity contribution in [1.82, 2.24) is 10.6 Å². The number of carbonyl (C=O) groups is 2. The summed E-state index contributed by atoms with van der Waals surface area (Å²) in [5, 5.41) is 5.85. The summed E-state index contributed by atoms with van der Waals surface area (Å²) < 4.78 is 10.1. The second-order valence-corrected chi connectivity index (χ2v) is 5.10. The Morgan fingerprint density at radius 2 is 2.17 bits per heavy atom.